The number of carboxylic acids is 2. The molecule has 0 unspecified atom stereocenters. The normalized spacial score (nSPS) is 16.5. The second-order valence-corrected chi connectivity index (χ2v) is 29.0. The minimum Gasteiger partial charge on any atom is -0.481 e. The molecule has 7 heterocycles. The second kappa shape index (κ2) is 39.6. The molecule has 7 aromatic heterocycles. The Hall–Kier alpha value is -11.0. The fourth-order valence-corrected chi connectivity index (χ4v) is 13.9. The van der Waals surface area contributed by atoms with Gasteiger partial charge >= 0.3 is 11.9 Å². The van der Waals surface area contributed by atoms with E-state index in [9.17, 15) is 28.8 Å². The van der Waals surface area contributed by atoms with E-state index in [1.165, 1.54) is 28.2 Å². The first kappa shape index (κ1) is 78.1. The van der Waals surface area contributed by atoms with Gasteiger partial charge in [0.2, 0.25) is 28.0 Å². The molecular weight excluding hydrogens is 1390 g/mol. The van der Waals surface area contributed by atoms with E-state index in [0.717, 1.165) is 130 Å². The summed E-state index contributed by atoms with van der Waals surface area (Å²) in [6, 6.07) is 46.5. The lowest BCUT2D eigenvalue weighted by Gasteiger charge is -2.33. The van der Waals surface area contributed by atoms with E-state index in [1.54, 1.807) is 43.0 Å². The summed E-state index contributed by atoms with van der Waals surface area (Å²) in [7, 11) is 0. The lowest BCUT2D eigenvalue weighted by molar-refractivity contribution is -0.146. The van der Waals surface area contributed by atoms with Crippen molar-refractivity contribution in [1.82, 2.24) is 50.7 Å². The van der Waals surface area contributed by atoms with Crippen molar-refractivity contribution in [2.24, 2.45) is 35.2 Å². The molecule has 13 rings (SSSR count). The third kappa shape index (κ3) is 27.0. The van der Waals surface area contributed by atoms with Crippen molar-refractivity contribution in [1.29, 1.82) is 0 Å². The highest BCUT2D eigenvalue weighted by molar-refractivity contribution is 7.80. The Balaban J connectivity index is 0.000000168. The van der Waals surface area contributed by atoms with Crippen LogP contribution in [0.15, 0.2) is 177 Å². The van der Waals surface area contributed by atoms with Crippen LogP contribution in [0.5, 0.6) is 0 Å². The number of ketones is 1. The van der Waals surface area contributed by atoms with Gasteiger partial charge in [0.15, 0.2) is 5.11 Å². The van der Waals surface area contributed by atoms with Crippen LogP contribution in [0.4, 0.5) is 21.6 Å². The monoisotopic (exact) mass is 1470 g/mol. The summed E-state index contributed by atoms with van der Waals surface area (Å²) >= 11 is 7.18. The number of pyridine rings is 5. The first-order chi connectivity index (χ1) is 50.6. The van der Waals surface area contributed by atoms with Crippen LogP contribution < -0.4 is 38.7 Å². The second-order valence-electron chi connectivity index (χ2n) is 26.5. The molecule has 0 aliphatic heterocycles. The Labute approximate surface area is 623 Å². The molecule has 544 valence electrons. The van der Waals surface area contributed by atoms with E-state index in [-0.39, 0.29) is 47.4 Å². The smallest absolute Gasteiger partial charge is 0.309 e. The lowest BCUT2D eigenvalue weighted by atomic mass is 9.73. The first-order valence-electron chi connectivity index (χ1n) is 34.4. The molecule has 27 heteroatoms. The molecule has 24 nitrogen and oxygen atoms in total. The molecule has 105 heavy (non-hydrogen) atoms. The van der Waals surface area contributed by atoms with E-state index < -0.39 is 11.9 Å². The topological polar surface area (TPSA) is 385 Å². The van der Waals surface area contributed by atoms with Gasteiger partial charge < -0.3 is 43.1 Å². The number of thiocarbonyl (C=S) groups is 1. The van der Waals surface area contributed by atoms with Crippen molar-refractivity contribution in [3.05, 3.63) is 254 Å². The largest absolute Gasteiger partial charge is 0.481 e. The average molecular weight is 1470 g/mol. The summed E-state index contributed by atoms with van der Waals surface area (Å²) in [5.41, 5.74) is 25.7. The number of aromatic nitrogens is 9. The van der Waals surface area contributed by atoms with Crippen molar-refractivity contribution >= 4 is 97.1 Å². The summed E-state index contributed by atoms with van der Waals surface area (Å²) < 4.78 is 0. The van der Waals surface area contributed by atoms with Gasteiger partial charge in [-0.25, -0.2) is 5.84 Å². The number of nitrogens with one attached hydrogen (secondary N) is 4. The minimum absolute atomic E-state index is 0.000833. The lowest BCUT2D eigenvalue weighted by Crippen LogP contribution is -2.34. The number of aliphatic carboxylic acids is 2. The van der Waals surface area contributed by atoms with E-state index in [0.29, 0.717) is 76.9 Å². The minimum atomic E-state index is -0.848. The summed E-state index contributed by atoms with van der Waals surface area (Å²) in [6.45, 7) is 6.07. The van der Waals surface area contributed by atoms with Crippen LogP contribution in [-0.2, 0) is 86.6 Å². The van der Waals surface area contributed by atoms with E-state index in [2.05, 4.69) is 85.4 Å². The maximum atomic E-state index is 12.5. The SMILES string of the molecule is Cc1cccc(CC(=O)Cc2ccc(CC3CC(c4nnc(NC(=O)Cc5ccccn5)s4)C3)nc2)c1.Cc1cccc(CC(=O)Nc2ccc(CC3CC(C(=O)O)C3)nc2)c1.Cc1cccc(CC(=O)Nc2ccc(CC3CC(c4nnc(N)s4)C3)nc2)c1.NNC(N)=S.O=C(O)Cc1ccccn1. The highest BCUT2D eigenvalue weighted by atomic mass is 32.1. The van der Waals surface area contributed by atoms with Gasteiger partial charge in [-0.3, -0.25) is 53.7 Å². The number of carbonyl (C=O) groups is 6. The summed E-state index contributed by atoms with van der Waals surface area (Å²) in [6.07, 6.45) is 18.7. The predicted octanol–water partition coefficient (Wildman–Crippen LogP) is 11.3. The highest BCUT2D eigenvalue weighted by Gasteiger charge is 2.36. The number of carbonyl (C=O) groups excluding carboxylic acids is 4. The predicted molar refractivity (Wildman–Crippen MR) is 410 cm³/mol. The van der Waals surface area contributed by atoms with Gasteiger partial charge in [0.25, 0.3) is 0 Å². The number of rotatable bonds is 24. The van der Waals surface area contributed by atoms with Crippen LogP contribution in [0.25, 0.3) is 0 Å². The van der Waals surface area contributed by atoms with E-state index in [1.807, 2.05) is 154 Å². The number of nitrogens with zero attached hydrogens (tertiary/aromatic N) is 9. The van der Waals surface area contributed by atoms with Crippen LogP contribution in [-0.4, -0.2) is 96.1 Å². The van der Waals surface area contributed by atoms with Crippen molar-refractivity contribution in [2.45, 2.75) is 129 Å². The number of Topliss-reactive ketones (excluding diaryl/α,β-unsaturated/α-hetero) is 1. The quantitative estimate of drug-likeness (QED) is 0.0154. The zero-order valence-electron chi connectivity index (χ0n) is 58.6. The fraction of sp³-hybridized carbons (Fsp3) is 0.308. The Morgan fingerprint density at radius 2 is 0.905 bits per heavy atom. The zero-order chi connectivity index (χ0) is 74.6. The number of hydrogen-bond acceptors (Lipinski definition) is 20. The standard InChI is InChI=1S/C29H29N5O2S.C21H23N5OS.C20H22N2O3.C7H7NO2.CH5N3S/c1-19-5-4-6-20(11-19)15-26(35)16-21-8-9-25(31-18-21)14-22-12-23(13-22)28-33-34-29(37-28)32-27(36)17-24-7-2-3-10-30-24;1-13-3-2-4-14(7-13)11-19(27)24-18-6-5-17(23-12-18)10-15-8-16(9-15)20-25-26-21(22)28-20;1-13-3-2-4-14(7-13)11-19(23)22-18-6-5-17(21-12-18)10-15-8-16(9-15)20(24)25;9-7(10)5-6-3-1-2-4-8-6;2-1(5)4-3/h2-11,18,22-23H,12-17H2,1H3,(H,32,34,36);2-7,12,15-16H,8-11H2,1H3,(H2,22,26)(H,24,27);2-7,12,15-16H,8-11H2,1H3,(H,22,23)(H,24,25);1-4H,5H2,(H,9,10);3H2,(H3,2,4,5). The number of aryl methyl sites for hydroxylation is 3. The molecule has 3 saturated carbocycles. The Bertz CT molecular complexity index is 4500. The number of anilines is 4. The Morgan fingerprint density at radius 1 is 0.467 bits per heavy atom. The van der Waals surface area contributed by atoms with Gasteiger partial charge in [0.05, 0.1) is 61.1 Å². The molecule has 0 bridgehead atoms. The molecule has 0 spiro atoms. The molecule has 3 amide bonds. The van der Waals surface area contributed by atoms with Gasteiger partial charge in [0, 0.05) is 66.0 Å². The number of carboxylic acid groups (broad SMARTS) is 2. The average Bonchev–Trinajstić information content (AvgIpc) is 1.79. The number of nitrogen functional groups attached to an aromatic ring is 1. The molecule has 3 aromatic carbocycles. The van der Waals surface area contributed by atoms with Gasteiger partial charge in [-0.1, -0.05) is 130 Å². The van der Waals surface area contributed by atoms with Crippen LogP contribution in [0.2, 0.25) is 0 Å². The third-order valence-electron chi connectivity index (χ3n) is 17.5. The number of benzene rings is 3. The van der Waals surface area contributed by atoms with Gasteiger partial charge in [-0.15, -0.1) is 20.4 Å². The van der Waals surface area contributed by atoms with Gasteiger partial charge in [-0.2, -0.15) is 0 Å². The number of amides is 3. The van der Waals surface area contributed by atoms with Gasteiger partial charge in [0.1, 0.15) is 15.8 Å². The summed E-state index contributed by atoms with van der Waals surface area (Å²) in [5.74, 6) is 5.31. The number of hydrazine groups is 1. The zero-order valence-corrected chi connectivity index (χ0v) is 61.1. The van der Waals surface area contributed by atoms with E-state index >= 15 is 0 Å². The van der Waals surface area contributed by atoms with Crippen LogP contribution in [0.3, 0.4) is 0 Å². The molecule has 0 saturated heterocycles. The molecule has 10 aromatic rings. The third-order valence-corrected chi connectivity index (χ3v) is 19.6. The maximum absolute atomic E-state index is 12.5. The molecular formula is C78H86N16O8S3. The molecule has 0 atom stereocenters. The first-order valence-corrected chi connectivity index (χ1v) is 36.5. The molecule has 0 radical (unpaired) electrons. The van der Waals surface area contributed by atoms with Crippen LogP contribution in [0, 0.1) is 44.4 Å². The van der Waals surface area contributed by atoms with Crippen LogP contribution >= 0.6 is 34.9 Å². The van der Waals surface area contributed by atoms with Crippen LogP contribution in [0.1, 0.15) is 128 Å². The number of nitrogens with two attached hydrogens (primary N) is 3. The van der Waals surface area contributed by atoms with Crippen molar-refractivity contribution in [2.75, 3.05) is 21.7 Å². The molecule has 3 fully saturated rings. The van der Waals surface area contributed by atoms with Crippen molar-refractivity contribution < 1.29 is 39.0 Å². The van der Waals surface area contributed by atoms with Crippen molar-refractivity contribution in [3.63, 3.8) is 0 Å². The highest BCUT2D eigenvalue weighted by Crippen LogP contribution is 2.45. The molecule has 12 N–H and O–H groups in total. The number of hydrogen-bond donors (Lipinski definition) is 9. The molecule has 3 aliphatic rings. The van der Waals surface area contributed by atoms with Gasteiger partial charge in [-0.05, 0) is 185 Å². The van der Waals surface area contributed by atoms with Crippen molar-refractivity contribution in [3.8, 4) is 0 Å². The summed E-state index contributed by atoms with van der Waals surface area (Å²) in [4.78, 5) is 91.5. The maximum Gasteiger partial charge on any atom is 0.309 e. The van der Waals surface area contributed by atoms with E-state index in [4.69, 9.17) is 21.7 Å². The summed E-state index contributed by atoms with van der Waals surface area (Å²) in [5, 5.41) is 45.5. The molecule has 3 aliphatic carbocycles. The fourth-order valence-electron chi connectivity index (χ4n) is 12.2. The Morgan fingerprint density at radius 3 is 1.31 bits per heavy atom. The Kier molecular flexibility index (Phi) is 29.5.